The van der Waals surface area contributed by atoms with Crippen molar-refractivity contribution in [3.63, 3.8) is 0 Å². The highest BCUT2D eigenvalue weighted by Crippen LogP contribution is 2.32. The fourth-order valence-corrected chi connectivity index (χ4v) is 3.77. The van der Waals surface area contributed by atoms with Crippen LogP contribution in [0.15, 0.2) is 47.8 Å². The molecule has 150 valence electrons. The van der Waals surface area contributed by atoms with Gasteiger partial charge in [0.05, 0.1) is 24.3 Å². The van der Waals surface area contributed by atoms with Gasteiger partial charge in [0.15, 0.2) is 0 Å². The Morgan fingerprint density at radius 1 is 1.21 bits per heavy atom. The van der Waals surface area contributed by atoms with Crippen molar-refractivity contribution in [3.05, 3.63) is 75.7 Å². The summed E-state index contributed by atoms with van der Waals surface area (Å²) in [6.07, 6.45) is 7.03. The number of aromatic nitrogens is 4. The number of H-pyrrole nitrogens is 1. The smallest absolute Gasteiger partial charge is 0.263 e. The second-order valence-corrected chi connectivity index (χ2v) is 8.47. The maximum atomic E-state index is 12.6. The summed E-state index contributed by atoms with van der Waals surface area (Å²) in [4.78, 5) is 30.7. The van der Waals surface area contributed by atoms with Crippen LogP contribution < -0.4 is 10.9 Å². The first kappa shape index (κ1) is 19.1. The van der Waals surface area contributed by atoms with Gasteiger partial charge in [0.1, 0.15) is 5.56 Å². The fraction of sp³-hybridized carbons (Fsp3) is 0.364. The van der Waals surface area contributed by atoms with E-state index in [1.165, 1.54) is 18.1 Å². The average molecular weight is 391 g/mol. The van der Waals surface area contributed by atoms with Gasteiger partial charge in [-0.1, -0.05) is 32.9 Å². The van der Waals surface area contributed by atoms with Crippen molar-refractivity contribution < 1.29 is 4.79 Å². The summed E-state index contributed by atoms with van der Waals surface area (Å²) in [5.74, 6) is -0.417. The lowest BCUT2D eigenvalue weighted by molar-refractivity contribution is 0.0930. The quantitative estimate of drug-likeness (QED) is 0.718. The van der Waals surface area contributed by atoms with Crippen molar-refractivity contribution in [1.82, 2.24) is 25.1 Å². The predicted octanol–water partition coefficient (Wildman–Crippen LogP) is 3.06. The molecule has 0 spiro atoms. The second kappa shape index (κ2) is 7.31. The van der Waals surface area contributed by atoms with Crippen LogP contribution >= 0.6 is 0 Å². The van der Waals surface area contributed by atoms with Crippen LogP contribution in [0.5, 0.6) is 0 Å². The molecule has 29 heavy (non-hydrogen) atoms. The van der Waals surface area contributed by atoms with Gasteiger partial charge in [0.2, 0.25) is 0 Å². The Morgan fingerprint density at radius 2 is 1.97 bits per heavy atom. The van der Waals surface area contributed by atoms with Crippen molar-refractivity contribution in [1.29, 1.82) is 0 Å². The number of carbonyl (C=O) groups excluding carboxylic acids is 1. The monoisotopic (exact) mass is 391 g/mol. The van der Waals surface area contributed by atoms with Gasteiger partial charge in [-0.2, -0.15) is 5.10 Å². The minimum Gasteiger partial charge on any atom is -0.345 e. The Bertz CT molecular complexity index is 1090. The third-order valence-corrected chi connectivity index (χ3v) is 5.43. The molecular formula is C22H25N5O2. The molecule has 0 fully saturated rings. The molecule has 3 aromatic rings. The molecule has 7 nitrogen and oxygen atoms in total. The summed E-state index contributed by atoms with van der Waals surface area (Å²) in [7, 11) is 0. The van der Waals surface area contributed by atoms with Gasteiger partial charge in [-0.05, 0) is 42.4 Å². The van der Waals surface area contributed by atoms with E-state index < -0.39 is 11.5 Å². The van der Waals surface area contributed by atoms with Crippen LogP contribution in [0.4, 0.5) is 0 Å². The van der Waals surface area contributed by atoms with Crippen LogP contribution in [0.3, 0.4) is 0 Å². The van der Waals surface area contributed by atoms with Crippen LogP contribution in [-0.4, -0.2) is 25.7 Å². The van der Waals surface area contributed by atoms with Crippen LogP contribution in [0, 0.1) is 0 Å². The molecule has 1 aliphatic rings. The van der Waals surface area contributed by atoms with E-state index in [0.29, 0.717) is 0 Å². The van der Waals surface area contributed by atoms with E-state index in [1.807, 2.05) is 10.9 Å². The van der Waals surface area contributed by atoms with Gasteiger partial charge >= 0.3 is 0 Å². The zero-order valence-electron chi connectivity index (χ0n) is 16.9. The molecule has 1 amide bonds. The lowest BCUT2D eigenvalue weighted by Crippen LogP contribution is -2.34. The van der Waals surface area contributed by atoms with E-state index in [2.05, 4.69) is 65.4 Å². The summed E-state index contributed by atoms with van der Waals surface area (Å²) in [6, 6.07) is 8.28. The fourth-order valence-electron chi connectivity index (χ4n) is 3.77. The number of benzene rings is 1. The first-order valence-corrected chi connectivity index (χ1v) is 9.86. The highest BCUT2D eigenvalue weighted by atomic mass is 16.2. The van der Waals surface area contributed by atoms with Crippen LogP contribution in [-0.2, 0) is 11.8 Å². The first-order chi connectivity index (χ1) is 13.8. The number of hydrogen-bond donors (Lipinski definition) is 2. The third kappa shape index (κ3) is 3.72. The van der Waals surface area contributed by atoms with Gasteiger partial charge in [-0.3, -0.25) is 9.59 Å². The summed E-state index contributed by atoms with van der Waals surface area (Å²) in [5, 5.41) is 7.57. The molecule has 2 heterocycles. The SMILES string of the molecule is CC(C)(C)c1ccc(-n2ncc3c2CCC[C@H]3NC(=O)c2cnc[nH]c2=O)cc1. The van der Waals surface area contributed by atoms with Gasteiger partial charge in [0, 0.05) is 17.5 Å². The maximum Gasteiger partial charge on any atom is 0.263 e. The Kier molecular flexibility index (Phi) is 4.82. The third-order valence-electron chi connectivity index (χ3n) is 5.43. The molecule has 1 aromatic carbocycles. The highest BCUT2D eigenvalue weighted by molar-refractivity contribution is 5.93. The van der Waals surface area contributed by atoms with Crippen LogP contribution in [0.1, 0.15) is 66.8 Å². The van der Waals surface area contributed by atoms with Crippen molar-refractivity contribution in [2.45, 2.75) is 51.5 Å². The molecule has 1 aliphatic carbocycles. The number of nitrogens with one attached hydrogen (secondary N) is 2. The highest BCUT2D eigenvalue weighted by Gasteiger charge is 2.27. The second-order valence-electron chi connectivity index (χ2n) is 8.47. The van der Waals surface area contributed by atoms with E-state index >= 15 is 0 Å². The minimum absolute atomic E-state index is 0.0183. The molecule has 0 bridgehead atoms. The Balaban J connectivity index is 1.60. The number of carbonyl (C=O) groups is 1. The van der Waals surface area contributed by atoms with Crippen molar-refractivity contribution >= 4 is 5.91 Å². The molecule has 4 rings (SSSR count). The van der Waals surface area contributed by atoms with Gasteiger partial charge in [-0.25, -0.2) is 9.67 Å². The Labute approximate surface area is 169 Å². The molecule has 0 saturated heterocycles. The molecular weight excluding hydrogens is 366 g/mol. The lowest BCUT2D eigenvalue weighted by Gasteiger charge is -2.24. The average Bonchev–Trinajstić information content (AvgIpc) is 3.13. The molecule has 1 atom stereocenters. The Hall–Kier alpha value is -3.22. The number of amides is 1. The van der Waals surface area contributed by atoms with Gasteiger partial charge in [-0.15, -0.1) is 0 Å². The number of rotatable bonds is 3. The van der Waals surface area contributed by atoms with Crippen molar-refractivity contribution in [2.75, 3.05) is 0 Å². The summed E-state index contributed by atoms with van der Waals surface area (Å²) in [6.45, 7) is 6.58. The summed E-state index contributed by atoms with van der Waals surface area (Å²) in [5.41, 5.74) is 4.06. The predicted molar refractivity (Wildman–Crippen MR) is 110 cm³/mol. The number of hydrogen-bond acceptors (Lipinski definition) is 4. The topological polar surface area (TPSA) is 92.7 Å². The van der Waals surface area contributed by atoms with Gasteiger partial charge in [0.25, 0.3) is 11.5 Å². The van der Waals surface area contributed by atoms with Crippen LogP contribution in [0.2, 0.25) is 0 Å². The zero-order valence-corrected chi connectivity index (χ0v) is 16.9. The molecule has 0 unspecified atom stereocenters. The maximum absolute atomic E-state index is 12.6. The standard InChI is InChI=1S/C22H25N5O2/c1-22(2,3)14-7-9-15(10-8-14)27-19-6-4-5-18(16(19)12-25-27)26-21(29)17-11-23-13-24-20(17)28/h7-13,18H,4-6H2,1-3H3,(H,26,29)(H,23,24,28)/t18-/m1/s1. The molecule has 0 aliphatic heterocycles. The number of nitrogens with zero attached hydrogens (tertiary/aromatic N) is 3. The van der Waals surface area contributed by atoms with E-state index in [4.69, 9.17) is 0 Å². The Morgan fingerprint density at radius 3 is 2.66 bits per heavy atom. The van der Waals surface area contributed by atoms with Crippen LogP contribution in [0.25, 0.3) is 5.69 Å². The zero-order chi connectivity index (χ0) is 20.6. The first-order valence-electron chi connectivity index (χ1n) is 9.86. The van der Waals surface area contributed by atoms with Gasteiger partial charge < -0.3 is 10.3 Å². The van der Waals surface area contributed by atoms with Crippen molar-refractivity contribution in [3.8, 4) is 5.69 Å². The number of fused-ring (bicyclic) bond motifs is 1. The normalized spacial score (nSPS) is 16.3. The molecule has 2 aromatic heterocycles. The molecule has 2 N–H and O–H groups in total. The summed E-state index contributed by atoms with van der Waals surface area (Å²) >= 11 is 0. The molecule has 0 saturated carbocycles. The summed E-state index contributed by atoms with van der Waals surface area (Å²) < 4.78 is 1.96. The molecule has 0 radical (unpaired) electrons. The van der Waals surface area contributed by atoms with E-state index in [-0.39, 0.29) is 17.0 Å². The van der Waals surface area contributed by atoms with E-state index in [9.17, 15) is 9.59 Å². The molecule has 7 heteroatoms. The van der Waals surface area contributed by atoms with Crippen molar-refractivity contribution in [2.24, 2.45) is 0 Å². The number of aromatic amines is 1. The lowest BCUT2D eigenvalue weighted by atomic mass is 9.87. The largest absolute Gasteiger partial charge is 0.345 e. The minimum atomic E-state index is -0.442. The van der Waals surface area contributed by atoms with E-state index in [0.717, 1.165) is 36.2 Å². The van der Waals surface area contributed by atoms with E-state index in [1.54, 1.807) is 0 Å².